The van der Waals surface area contributed by atoms with Gasteiger partial charge in [0.1, 0.15) is 11.6 Å². The fraction of sp³-hybridized carbons (Fsp3) is 0.875. The van der Waals surface area contributed by atoms with Crippen molar-refractivity contribution in [2.45, 2.75) is 70.9 Å². The first-order valence-corrected chi connectivity index (χ1v) is 8.13. The van der Waals surface area contributed by atoms with E-state index >= 15 is 0 Å². The second-order valence-corrected chi connectivity index (χ2v) is 7.28. The number of nitrogens with one attached hydrogen (secondary N) is 1. The maximum atomic E-state index is 12.3. The Balaban J connectivity index is 1.79. The predicted molar refractivity (Wildman–Crippen MR) is 80.9 cm³/mol. The first kappa shape index (κ1) is 16.1. The summed E-state index contributed by atoms with van der Waals surface area (Å²) in [6.07, 6.45) is 6.54. The van der Waals surface area contributed by atoms with Crippen LogP contribution in [0.3, 0.4) is 0 Å². The van der Waals surface area contributed by atoms with Crippen LogP contribution >= 0.6 is 0 Å². The van der Waals surface area contributed by atoms with E-state index in [1.807, 2.05) is 25.7 Å². The van der Waals surface area contributed by atoms with Gasteiger partial charge in [-0.15, -0.1) is 0 Å². The Morgan fingerprint density at radius 1 is 1.24 bits per heavy atom. The molecule has 21 heavy (non-hydrogen) atoms. The predicted octanol–water partition coefficient (Wildman–Crippen LogP) is 2.69. The number of hydrogen-bond acceptors (Lipinski definition) is 3. The molecule has 120 valence electrons. The number of hydrogen-bond donors (Lipinski definition) is 1. The van der Waals surface area contributed by atoms with Crippen LogP contribution in [0.5, 0.6) is 0 Å². The van der Waals surface area contributed by atoms with Gasteiger partial charge in [-0.25, -0.2) is 4.79 Å². The Morgan fingerprint density at radius 2 is 1.90 bits per heavy atom. The van der Waals surface area contributed by atoms with Crippen LogP contribution in [0.2, 0.25) is 0 Å². The van der Waals surface area contributed by atoms with Crippen LogP contribution in [0.1, 0.15) is 59.3 Å². The van der Waals surface area contributed by atoms with Crippen LogP contribution in [-0.4, -0.2) is 41.6 Å². The van der Waals surface area contributed by atoms with Gasteiger partial charge in [0.25, 0.3) is 0 Å². The van der Waals surface area contributed by atoms with Gasteiger partial charge in [0, 0.05) is 13.1 Å². The molecule has 0 bridgehead atoms. The van der Waals surface area contributed by atoms with Crippen LogP contribution in [0, 0.1) is 5.92 Å². The van der Waals surface area contributed by atoms with Crippen molar-refractivity contribution < 1.29 is 14.3 Å². The number of nitrogens with zero attached hydrogens (tertiary/aromatic N) is 1. The van der Waals surface area contributed by atoms with Gasteiger partial charge in [-0.3, -0.25) is 4.79 Å². The molecule has 5 nitrogen and oxygen atoms in total. The van der Waals surface area contributed by atoms with Crippen molar-refractivity contribution in [2.24, 2.45) is 5.92 Å². The molecule has 1 saturated carbocycles. The molecule has 0 aromatic heterocycles. The molecule has 0 unspecified atom stereocenters. The fourth-order valence-electron chi connectivity index (χ4n) is 3.19. The number of amides is 2. The van der Waals surface area contributed by atoms with Crippen molar-refractivity contribution in [1.82, 2.24) is 10.2 Å². The van der Waals surface area contributed by atoms with Crippen LogP contribution < -0.4 is 5.32 Å². The lowest BCUT2D eigenvalue weighted by Crippen LogP contribution is -2.44. The Bertz CT molecular complexity index is 383. The van der Waals surface area contributed by atoms with Gasteiger partial charge in [-0.1, -0.05) is 19.3 Å². The molecule has 0 radical (unpaired) electrons. The molecule has 5 heteroatoms. The van der Waals surface area contributed by atoms with Crippen LogP contribution in [0.4, 0.5) is 4.79 Å². The lowest BCUT2D eigenvalue weighted by molar-refractivity contribution is -0.130. The van der Waals surface area contributed by atoms with E-state index in [1.54, 1.807) is 0 Å². The van der Waals surface area contributed by atoms with Crippen molar-refractivity contribution in [3.63, 3.8) is 0 Å². The standard InChI is InChI=1S/C16H28N2O3/c1-16(2,3)21-15(20)17-13-9-10-18(14(13)19)11-12-7-5-4-6-8-12/h12-13H,4-11H2,1-3H3,(H,17,20)/t13-/m1/s1. The maximum absolute atomic E-state index is 12.3. The Morgan fingerprint density at radius 3 is 2.52 bits per heavy atom. The van der Waals surface area contributed by atoms with E-state index < -0.39 is 17.7 Å². The molecule has 1 N–H and O–H groups in total. The Labute approximate surface area is 127 Å². The van der Waals surface area contributed by atoms with Crippen molar-refractivity contribution in [2.75, 3.05) is 13.1 Å². The Kier molecular flexibility index (Phi) is 5.12. The summed E-state index contributed by atoms with van der Waals surface area (Å²) in [7, 11) is 0. The minimum Gasteiger partial charge on any atom is -0.444 e. The third kappa shape index (κ3) is 4.90. The largest absolute Gasteiger partial charge is 0.444 e. The van der Waals surface area contributed by atoms with Gasteiger partial charge in [0.15, 0.2) is 0 Å². The van der Waals surface area contributed by atoms with Gasteiger partial charge in [-0.2, -0.15) is 0 Å². The average Bonchev–Trinajstić information content (AvgIpc) is 2.70. The SMILES string of the molecule is CC(C)(C)OC(=O)N[C@@H]1CCN(CC2CCCCC2)C1=O. The van der Waals surface area contributed by atoms with Crippen molar-refractivity contribution in [3.8, 4) is 0 Å². The highest BCUT2D eigenvalue weighted by atomic mass is 16.6. The van der Waals surface area contributed by atoms with E-state index in [-0.39, 0.29) is 5.91 Å². The monoisotopic (exact) mass is 296 g/mol. The van der Waals surface area contributed by atoms with Gasteiger partial charge in [0.2, 0.25) is 5.91 Å². The highest BCUT2D eigenvalue weighted by Gasteiger charge is 2.34. The number of ether oxygens (including phenoxy) is 1. The highest BCUT2D eigenvalue weighted by Crippen LogP contribution is 2.26. The third-order valence-electron chi connectivity index (χ3n) is 4.19. The molecule has 2 fully saturated rings. The molecule has 1 atom stereocenters. The zero-order valence-electron chi connectivity index (χ0n) is 13.5. The summed E-state index contributed by atoms with van der Waals surface area (Å²) in [4.78, 5) is 26.0. The molecule has 1 heterocycles. The van der Waals surface area contributed by atoms with Crippen LogP contribution in [0.25, 0.3) is 0 Å². The van der Waals surface area contributed by atoms with Crippen molar-refractivity contribution >= 4 is 12.0 Å². The topological polar surface area (TPSA) is 58.6 Å². The molecular formula is C16H28N2O3. The van der Waals surface area contributed by atoms with Gasteiger partial charge in [-0.05, 0) is 46.0 Å². The van der Waals surface area contributed by atoms with Crippen LogP contribution in [-0.2, 0) is 9.53 Å². The fourth-order valence-corrected chi connectivity index (χ4v) is 3.19. The molecule has 0 aromatic carbocycles. The molecule has 2 amide bonds. The molecule has 0 aromatic rings. The summed E-state index contributed by atoms with van der Waals surface area (Å²) in [6.45, 7) is 7.05. The first-order valence-electron chi connectivity index (χ1n) is 8.13. The van der Waals surface area contributed by atoms with E-state index in [0.717, 1.165) is 13.1 Å². The summed E-state index contributed by atoms with van der Waals surface area (Å²) in [5, 5.41) is 2.70. The maximum Gasteiger partial charge on any atom is 0.408 e. The summed E-state index contributed by atoms with van der Waals surface area (Å²) in [5.41, 5.74) is -0.534. The van der Waals surface area contributed by atoms with Crippen LogP contribution in [0.15, 0.2) is 0 Å². The molecule has 2 rings (SSSR count). The lowest BCUT2D eigenvalue weighted by atomic mass is 9.89. The van der Waals surface area contributed by atoms with Gasteiger partial charge >= 0.3 is 6.09 Å². The second kappa shape index (κ2) is 6.67. The zero-order valence-corrected chi connectivity index (χ0v) is 13.5. The number of likely N-dealkylation sites (tertiary alicyclic amines) is 1. The minimum absolute atomic E-state index is 0.0476. The van der Waals surface area contributed by atoms with Gasteiger partial charge in [0.05, 0.1) is 0 Å². The molecule has 1 aliphatic carbocycles. The van der Waals surface area contributed by atoms with E-state index in [9.17, 15) is 9.59 Å². The number of alkyl carbamates (subject to hydrolysis) is 1. The number of rotatable bonds is 3. The van der Waals surface area contributed by atoms with Crippen molar-refractivity contribution in [3.05, 3.63) is 0 Å². The summed E-state index contributed by atoms with van der Waals surface area (Å²) in [5.74, 6) is 0.689. The normalized spacial score (nSPS) is 24.2. The number of carbonyl (C=O) groups is 2. The molecular weight excluding hydrogens is 268 g/mol. The van der Waals surface area contributed by atoms with Gasteiger partial charge < -0.3 is 15.0 Å². The van der Waals surface area contributed by atoms with E-state index in [2.05, 4.69) is 5.32 Å². The third-order valence-corrected chi connectivity index (χ3v) is 4.19. The first-order chi connectivity index (χ1) is 9.85. The lowest BCUT2D eigenvalue weighted by Gasteiger charge is -2.27. The quantitative estimate of drug-likeness (QED) is 0.871. The molecule has 0 spiro atoms. The van der Waals surface area contributed by atoms with E-state index in [4.69, 9.17) is 4.74 Å². The average molecular weight is 296 g/mol. The molecule has 2 aliphatic rings. The number of carbonyl (C=O) groups excluding carboxylic acids is 2. The highest BCUT2D eigenvalue weighted by molar-refractivity contribution is 5.87. The summed E-state index contributed by atoms with van der Waals surface area (Å²) >= 11 is 0. The van der Waals surface area contributed by atoms with E-state index in [0.29, 0.717) is 12.3 Å². The zero-order chi connectivity index (χ0) is 15.5. The second-order valence-electron chi connectivity index (χ2n) is 7.28. The summed E-state index contributed by atoms with van der Waals surface area (Å²) < 4.78 is 5.21. The minimum atomic E-state index is -0.534. The van der Waals surface area contributed by atoms with E-state index in [1.165, 1.54) is 32.1 Å². The molecule has 1 saturated heterocycles. The smallest absolute Gasteiger partial charge is 0.408 e. The summed E-state index contributed by atoms with van der Waals surface area (Å²) in [6, 6.07) is -0.413. The van der Waals surface area contributed by atoms with Crippen molar-refractivity contribution in [1.29, 1.82) is 0 Å². The Hall–Kier alpha value is -1.26. The molecule has 1 aliphatic heterocycles.